The lowest BCUT2D eigenvalue weighted by Crippen LogP contribution is -2.38. The van der Waals surface area contributed by atoms with Gasteiger partial charge in [0.1, 0.15) is 0 Å². The summed E-state index contributed by atoms with van der Waals surface area (Å²) in [5, 5.41) is 15.2. The van der Waals surface area contributed by atoms with Crippen molar-refractivity contribution in [1.82, 2.24) is 10.6 Å². The van der Waals surface area contributed by atoms with Gasteiger partial charge in [0.25, 0.3) is 0 Å². The molecule has 1 aliphatic carbocycles. The van der Waals surface area contributed by atoms with Crippen molar-refractivity contribution in [2.75, 3.05) is 19.6 Å². The molecule has 4 nitrogen and oxygen atoms in total. The maximum atomic E-state index is 11.1. The van der Waals surface area contributed by atoms with Gasteiger partial charge in [-0.1, -0.05) is 6.92 Å². The maximum Gasteiger partial charge on any atom is 0.233 e. The summed E-state index contributed by atoms with van der Waals surface area (Å²) in [6, 6.07) is 0. The SMILES string of the molecule is CCCNC(=O)CNCC(O)C1CC1. The van der Waals surface area contributed by atoms with Gasteiger partial charge in [-0.25, -0.2) is 0 Å². The second-order valence-electron chi connectivity index (χ2n) is 3.89. The molecule has 0 aromatic rings. The fourth-order valence-electron chi connectivity index (χ4n) is 1.31. The number of amides is 1. The Morgan fingerprint density at radius 2 is 2.29 bits per heavy atom. The molecule has 0 aliphatic heterocycles. The molecular formula is C10H20N2O2. The average Bonchev–Trinajstić information content (AvgIpc) is 2.97. The summed E-state index contributed by atoms with van der Waals surface area (Å²) in [5.74, 6) is 0.482. The smallest absolute Gasteiger partial charge is 0.233 e. The van der Waals surface area contributed by atoms with Gasteiger partial charge in [0.05, 0.1) is 12.6 Å². The first-order valence-electron chi connectivity index (χ1n) is 5.39. The number of carbonyl (C=O) groups excluding carboxylic acids is 1. The third-order valence-corrected chi connectivity index (χ3v) is 2.38. The van der Waals surface area contributed by atoms with Crippen LogP contribution < -0.4 is 10.6 Å². The molecular weight excluding hydrogens is 180 g/mol. The highest BCUT2D eigenvalue weighted by molar-refractivity contribution is 5.77. The fourth-order valence-corrected chi connectivity index (χ4v) is 1.31. The lowest BCUT2D eigenvalue weighted by atomic mass is 10.2. The molecule has 1 unspecified atom stereocenters. The summed E-state index contributed by atoms with van der Waals surface area (Å²) >= 11 is 0. The largest absolute Gasteiger partial charge is 0.392 e. The van der Waals surface area contributed by atoms with Crippen molar-refractivity contribution in [3.05, 3.63) is 0 Å². The van der Waals surface area contributed by atoms with E-state index in [9.17, 15) is 9.90 Å². The topological polar surface area (TPSA) is 61.4 Å². The van der Waals surface area contributed by atoms with Crippen molar-refractivity contribution in [1.29, 1.82) is 0 Å². The molecule has 0 aromatic carbocycles. The van der Waals surface area contributed by atoms with E-state index in [2.05, 4.69) is 10.6 Å². The standard InChI is InChI=1S/C10H20N2O2/c1-2-5-12-10(14)7-11-6-9(13)8-3-4-8/h8-9,11,13H,2-7H2,1H3,(H,12,14). The molecule has 0 heterocycles. The van der Waals surface area contributed by atoms with Crippen molar-refractivity contribution in [2.24, 2.45) is 5.92 Å². The molecule has 3 N–H and O–H groups in total. The van der Waals surface area contributed by atoms with Crippen molar-refractivity contribution >= 4 is 5.91 Å². The van der Waals surface area contributed by atoms with E-state index in [0.29, 0.717) is 19.0 Å². The van der Waals surface area contributed by atoms with Crippen molar-refractivity contribution in [3.8, 4) is 0 Å². The predicted molar refractivity (Wildman–Crippen MR) is 54.9 cm³/mol. The molecule has 1 amide bonds. The number of carbonyl (C=O) groups is 1. The zero-order valence-electron chi connectivity index (χ0n) is 8.75. The number of nitrogens with one attached hydrogen (secondary N) is 2. The third kappa shape index (κ3) is 4.58. The van der Waals surface area contributed by atoms with Crippen molar-refractivity contribution in [3.63, 3.8) is 0 Å². The number of hydrogen-bond acceptors (Lipinski definition) is 3. The Hall–Kier alpha value is -0.610. The summed E-state index contributed by atoms with van der Waals surface area (Å²) in [6.07, 6.45) is 2.95. The fraction of sp³-hybridized carbons (Fsp3) is 0.900. The van der Waals surface area contributed by atoms with Gasteiger partial charge in [-0.3, -0.25) is 4.79 Å². The van der Waals surface area contributed by atoms with Crippen LogP contribution in [0.15, 0.2) is 0 Å². The Kier molecular flexibility index (Phi) is 4.90. The molecule has 1 aliphatic rings. The second kappa shape index (κ2) is 5.98. The third-order valence-electron chi connectivity index (χ3n) is 2.38. The molecule has 0 spiro atoms. The van der Waals surface area contributed by atoms with Crippen LogP contribution in [0.4, 0.5) is 0 Å². The lowest BCUT2D eigenvalue weighted by molar-refractivity contribution is -0.120. The summed E-state index contributed by atoms with van der Waals surface area (Å²) in [4.78, 5) is 11.1. The van der Waals surface area contributed by atoms with Crippen LogP contribution in [0.1, 0.15) is 26.2 Å². The van der Waals surface area contributed by atoms with Crippen LogP contribution in [-0.2, 0) is 4.79 Å². The number of aliphatic hydroxyl groups excluding tert-OH is 1. The Bertz CT molecular complexity index is 181. The molecule has 1 fully saturated rings. The summed E-state index contributed by atoms with van der Waals surface area (Å²) < 4.78 is 0. The van der Waals surface area contributed by atoms with E-state index in [1.807, 2.05) is 6.92 Å². The Morgan fingerprint density at radius 1 is 1.57 bits per heavy atom. The molecule has 1 saturated carbocycles. The number of aliphatic hydroxyl groups is 1. The van der Waals surface area contributed by atoms with Gasteiger partial charge in [-0.15, -0.1) is 0 Å². The molecule has 0 saturated heterocycles. The molecule has 1 atom stereocenters. The quantitative estimate of drug-likeness (QED) is 0.536. The van der Waals surface area contributed by atoms with Gasteiger partial charge in [-0.2, -0.15) is 0 Å². The van der Waals surface area contributed by atoms with Crippen molar-refractivity contribution in [2.45, 2.75) is 32.3 Å². The van der Waals surface area contributed by atoms with E-state index >= 15 is 0 Å². The van der Waals surface area contributed by atoms with E-state index in [1.54, 1.807) is 0 Å². The van der Waals surface area contributed by atoms with Gasteiger partial charge in [0, 0.05) is 13.1 Å². The van der Waals surface area contributed by atoms with Gasteiger partial charge in [-0.05, 0) is 25.2 Å². The van der Waals surface area contributed by atoms with Crippen LogP contribution in [0.2, 0.25) is 0 Å². The van der Waals surface area contributed by atoms with E-state index < -0.39 is 0 Å². The average molecular weight is 200 g/mol. The first-order valence-corrected chi connectivity index (χ1v) is 5.39. The second-order valence-corrected chi connectivity index (χ2v) is 3.89. The molecule has 0 bridgehead atoms. The molecule has 14 heavy (non-hydrogen) atoms. The van der Waals surface area contributed by atoms with Gasteiger partial charge in [0.15, 0.2) is 0 Å². The van der Waals surface area contributed by atoms with Gasteiger partial charge in [0.2, 0.25) is 5.91 Å². The highest BCUT2D eigenvalue weighted by atomic mass is 16.3. The van der Waals surface area contributed by atoms with Crippen LogP contribution in [0, 0.1) is 5.92 Å². The van der Waals surface area contributed by atoms with Crippen LogP contribution in [0.5, 0.6) is 0 Å². The Morgan fingerprint density at radius 3 is 2.86 bits per heavy atom. The first kappa shape index (κ1) is 11.5. The molecule has 1 rings (SSSR count). The molecule has 4 heteroatoms. The molecule has 0 aromatic heterocycles. The van der Waals surface area contributed by atoms with Crippen LogP contribution in [0.3, 0.4) is 0 Å². The van der Waals surface area contributed by atoms with Gasteiger partial charge < -0.3 is 15.7 Å². The van der Waals surface area contributed by atoms with E-state index in [-0.39, 0.29) is 12.0 Å². The molecule has 82 valence electrons. The highest BCUT2D eigenvalue weighted by Crippen LogP contribution is 2.32. The molecule has 0 radical (unpaired) electrons. The Balaban J connectivity index is 1.94. The van der Waals surface area contributed by atoms with E-state index in [1.165, 1.54) is 0 Å². The van der Waals surface area contributed by atoms with Crippen molar-refractivity contribution < 1.29 is 9.90 Å². The van der Waals surface area contributed by atoms with Gasteiger partial charge >= 0.3 is 0 Å². The van der Waals surface area contributed by atoms with Crippen LogP contribution in [-0.4, -0.2) is 36.8 Å². The van der Waals surface area contributed by atoms with E-state index in [0.717, 1.165) is 25.8 Å². The highest BCUT2D eigenvalue weighted by Gasteiger charge is 2.29. The minimum absolute atomic E-state index is 0.00912. The monoisotopic (exact) mass is 200 g/mol. The minimum atomic E-state index is -0.269. The maximum absolute atomic E-state index is 11.1. The lowest BCUT2D eigenvalue weighted by Gasteiger charge is -2.10. The normalized spacial score (nSPS) is 17.9. The summed E-state index contributed by atoms with van der Waals surface area (Å²) in [6.45, 7) is 3.59. The zero-order valence-corrected chi connectivity index (χ0v) is 8.75. The number of rotatable bonds is 7. The Labute approximate surface area is 85.1 Å². The summed E-state index contributed by atoms with van der Waals surface area (Å²) in [7, 11) is 0. The summed E-state index contributed by atoms with van der Waals surface area (Å²) in [5.41, 5.74) is 0. The first-order chi connectivity index (χ1) is 6.74. The van der Waals surface area contributed by atoms with E-state index in [4.69, 9.17) is 0 Å². The van der Waals surface area contributed by atoms with Crippen LogP contribution in [0.25, 0.3) is 0 Å². The predicted octanol–water partition coefficient (Wildman–Crippen LogP) is -0.127. The van der Waals surface area contributed by atoms with Crippen LogP contribution >= 0.6 is 0 Å². The zero-order chi connectivity index (χ0) is 10.4. The number of hydrogen-bond donors (Lipinski definition) is 3. The minimum Gasteiger partial charge on any atom is -0.392 e.